The SMILES string of the molecule is CCCCC(C)c1nc2ccccc2o1. The van der Waals surface area contributed by atoms with Gasteiger partial charge in [0.1, 0.15) is 5.52 Å². The molecule has 2 heteroatoms. The average Bonchev–Trinajstić information content (AvgIpc) is 2.69. The van der Waals surface area contributed by atoms with Crippen LogP contribution in [0.3, 0.4) is 0 Å². The molecule has 0 radical (unpaired) electrons. The standard InChI is InChI=1S/C13H17NO/c1-3-4-7-10(2)13-14-11-8-5-6-9-12(11)15-13/h5-6,8-10H,3-4,7H2,1-2H3. The predicted molar refractivity (Wildman–Crippen MR) is 61.9 cm³/mol. The molecule has 2 nitrogen and oxygen atoms in total. The third-order valence-electron chi connectivity index (χ3n) is 2.72. The second kappa shape index (κ2) is 4.47. The Bertz CT molecular complexity index is 400. The molecule has 1 atom stereocenters. The van der Waals surface area contributed by atoms with E-state index in [1.807, 2.05) is 24.3 Å². The molecule has 0 aliphatic heterocycles. The minimum Gasteiger partial charge on any atom is -0.440 e. The van der Waals surface area contributed by atoms with Crippen LogP contribution in [0.25, 0.3) is 11.1 Å². The zero-order chi connectivity index (χ0) is 10.7. The Balaban J connectivity index is 2.20. The van der Waals surface area contributed by atoms with E-state index >= 15 is 0 Å². The van der Waals surface area contributed by atoms with E-state index in [2.05, 4.69) is 18.8 Å². The quantitative estimate of drug-likeness (QED) is 0.747. The van der Waals surface area contributed by atoms with E-state index in [1.54, 1.807) is 0 Å². The van der Waals surface area contributed by atoms with Gasteiger partial charge in [-0.3, -0.25) is 0 Å². The summed E-state index contributed by atoms with van der Waals surface area (Å²) in [6.45, 7) is 4.39. The number of benzene rings is 1. The van der Waals surface area contributed by atoms with Crippen LogP contribution in [0.1, 0.15) is 44.9 Å². The molecule has 0 amide bonds. The van der Waals surface area contributed by atoms with E-state index in [0.29, 0.717) is 5.92 Å². The second-order valence-electron chi connectivity index (χ2n) is 4.06. The topological polar surface area (TPSA) is 26.0 Å². The molecule has 1 aromatic carbocycles. The van der Waals surface area contributed by atoms with Gasteiger partial charge in [0.15, 0.2) is 11.5 Å². The zero-order valence-electron chi connectivity index (χ0n) is 9.36. The molecule has 1 unspecified atom stereocenters. The van der Waals surface area contributed by atoms with Crippen molar-refractivity contribution in [2.75, 3.05) is 0 Å². The molecule has 0 aliphatic carbocycles. The lowest BCUT2D eigenvalue weighted by Crippen LogP contribution is -1.92. The maximum atomic E-state index is 5.72. The lowest BCUT2D eigenvalue weighted by atomic mass is 10.1. The Labute approximate surface area is 90.3 Å². The summed E-state index contributed by atoms with van der Waals surface area (Å²) >= 11 is 0. The molecule has 0 N–H and O–H groups in total. The van der Waals surface area contributed by atoms with Crippen LogP contribution >= 0.6 is 0 Å². The van der Waals surface area contributed by atoms with Gasteiger partial charge in [0.25, 0.3) is 0 Å². The Morgan fingerprint density at radius 2 is 2.13 bits per heavy atom. The number of fused-ring (bicyclic) bond motifs is 1. The van der Waals surface area contributed by atoms with Gasteiger partial charge < -0.3 is 4.42 Å². The van der Waals surface area contributed by atoms with Gasteiger partial charge in [-0.05, 0) is 18.6 Å². The van der Waals surface area contributed by atoms with Gasteiger partial charge in [-0.25, -0.2) is 4.98 Å². The van der Waals surface area contributed by atoms with Gasteiger partial charge >= 0.3 is 0 Å². The minimum absolute atomic E-state index is 0.428. The van der Waals surface area contributed by atoms with Crippen LogP contribution in [0.2, 0.25) is 0 Å². The fraction of sp³-hybridized carbons (Fsp3) is 0.462. The summed E-state index contributed by atoms with van der Waals surface area (Å²) in [6, 6.07) is 7.94. The highest BCUT2D eigenvalue weighted by molar-refractivity contribution is 5.72. The third kappa shape index (κ3) is 2.20. The number of hydrogen-bond donors (Lipinski definition) is 0. The molecule has 2 rings (SSSR count). The molecule has 15 heavy (non-hydrogen) atoms. The molecule has 0 aliphatic rings. The Morgan fingerprint density at radius 3 is 2.87 bits per heavy atom. The first kappa shape index (κ1) is 10.2. The highest BCUT2D eigenvalue weighted by Crippen LogP contribution is 2.24. The predicted octanol–water partition coefficient (Wildman–Crippen LogP) is 4.12. The normalized spacial score (nSPS) is 13.2. The fourth-order valence-electron chi connectivity index (χ4n) is 1.73. The summed E-state index contributed by atoms with van der Waals surface area (Å²) in [4.78, 5) is 4.50. The van der Waals surface area contributed by atoms with Crippen LogP contribution in [0.15, 0.2) is 28.7 Å². The van der Waals surface area contributed by atoms with Crippen LogP contribution in [-0.2, 0) is 0 Å². The minimum atomic E-state index is 0.428. The van der Waals surface area contributed by atoms with E-state index in [9.17, 15) is 0 Å². The number of aromatic nitrogens is 1. The van der Waals surface area contributed by atoms with Crippen molar-refractivity contribution in [1.82, 2.24) is 4.98 Å². The monoisotopic (exact) mass is 203 g/mol. The first-order valence-electron chi connectivity index (χ1n) is 5.66. The van der Waals surface area contributed by atoms with Gasteiger partial charge in [0.2, 0.25) is 0 Å². The molecular formula is C13H17NO. The molecule has 2 aromatic rings. The van der Waals surface area contributed by atoms with Crippen molar-refractivity contribution in [3.63, 3.8) is 0 Å². The number of rotatable bonds is 4. The lowest BCUT2D eigenvalue weighted by molar-refractivity contribution is 0.461. The van der Waals surface area contributed by atoms with Crippen LogP contribution in [-0.4, -0.2) is 4.98 Å². The summed E-state index contributed by atoms with van der Waals surface area (Å²) in [6.07, 6.45) is 3.62. The summed E-state index contributed by atoms with van der Waals surface area (Å²) in [5.41, 5.74) is 1.87. The van der Waals surface area contributed by atoms with Crippen molar-refractivity contribution in [3.05, 3.63) is 30.2 Å². The van der Waals surface area contributed by atoms with Gasteiger partial charge in [-0.1, -0.05) is 38.8 Å². The van der Waals surface area contributed by atoms with Gasteiger partial charge in [-0.2, -0.15) is 0 Å². The van der Waals surface area contributed by atoms with Crippen molar-refractivity contribution in [2.24, 2.45) is 0 Å². The number of para-hydroxylation sites is 2. The maximum Gasteiger partial charge on any atom is 0.198 e. The molecule has 0 saturated carbocycles. The van der Waals surface area contributed by atoms with E-state index < -0.39 is 0 Å². The van der Waals surface area contributed by atoms with Crippen molar-refractivity contribution in [1.29, 1.82) is 0 Å². The summed E-state index contributed by atoms with van der Waals surface area (Å²) in [7, 11) is 0. The average molecular weight is 203 g/mol. The van der Waals surface area contributed by atoms with E-state index in [0.717, 1.165) is 23.4 Å². The van der Waals surface area contributed by atoms with Crippen molar-refractivity contribution in [3.8, 4) is 0 Å². The molecular weight excluding hydrogens is 186 g/mol. The third-order valence-corrected chi connectivity index (χ3v) is 2.72. The zero-order valence-corrected chi connectivity index (χ0v) is 9.36. The first-order valence-corrected chi connectivity index (χ1v) is 5.66. The molecule has 0 bridgehead atoms. The molecule has 1 heterocycles. The lowest BCUT2D eigenvalue weighted by Gasteiger charge is -2.04. The second-order valence-corrected chi connectivity index (χ2v) is 4.06. The molecule has 0 saturated heterocycles. The van der Waals surface area contributed by atoms with Crippen molar-refractivity contribution in [2.45, 2.75) is 39.0 Å². The Hall–Kier alpha value is -1.31. The number of nitrogens with zero attached hydrogens (tertiary/aromatic N) is 1. The molecule has 0 fully saturated rings. The summed E-state index contributed by atoms with van der Waals surface area (Å²) in [5.74, 6) is 1.31. The number of hydrogen-bond acceptors (Lipinski definition) is 2. The number of oxazole rings is 1. The van der Waals surface area contributed by atoms with Crippen LogP contribution < -0.4 is 0 Å². The Kier molecular flexibility index (Phi) is 3.05. The highest BCUT2D eigenvalue weighted by atomic mass is 16.3. The van der Waals surface area contributed by atoms with Crippen LogP contribution in [0, 0.1) is 0 Å². The van der Waals surface area contributed by atoms with E-state index in [1.165, 1.54) is 12.8 Å². The molecule has 1 aromatic heterocycles. The van der Waals surface area contributed by atoms with Crippen LogP contribution in [0.4, 0.5) is 0 Å². The fourth-order valence-corrected chi connectivity index (χ4v) is 1.73. The van der Waals surface area contributed by atoms with Crippen LogP contribution in [0.5, 0.6) is 0 Å². The number of unbranched alkanes of at least 4 members (excludes halogenated alkanes) is 1. The van der Waals surface area contributed by atoms with Crippen molar-refractivity contribution < 1.29 is 4.42 Å². The summed E-state index contributed by atoms with van der Waals surface area (Å²) in [5, 5.41) is 0. The first-order chi connectivity index (χ1) is 7.31. The molecule has 80 valence electrons. The van der Waals surface area contributed by atoms with Gasteiger partial charge in [-0.15, -0.1) is 0 Å². The van der Waals surface area contributed by atoms with E-state index in [4.69, 9.17) is 4.42 Å². The largest absolute Gasteiger partial charge is 0.440 e. The van der Waals surface area contributed by atoms with Crippen molar-refractivity contribution >= 4 is 11.1 Å². The highest BCUT2D eigenvalue weighted by Gasteiger charge is 2.12. The summed E-state index contributed by atoms with van der Waals surface area (Å²) < 4.78 is 5.72. The smallest absolute Gasteiger partial charge is 0.198 e. The van der Waals surface area contributed by atoms with Gasteiger partial charge in [0.05, 0.1) is 0 Å². The van der Waals surface area contributed by atoms with E-state index in [-0.39, 0.29) is 0 Å². The maximum absolute atomic E-state index is 5.72. The molecule has 0 spiro atoms. The Morgan fingerprint density at radius 1 is 1.33 bits per heavy atom. The van der Waals surface area contributed by atoms with Gasteiger partial charge in [0, 0.05) is 5.92 Å².